The lowest BCUT2D eigenvalue weighted by molar-refractivity contribution is 0.611. The van der Waals surface area contributed by atoms with Gasteiger partial charge in [0, 0.05) is 11.3 Å². The lowest BCUT2D eigenvalue weighted by Gasteiger charge is -2.10. The van der Waals surface area contributed by atoms with E-state index in [0.29, 0.717) is 11.5 Å². The van der Waals surface area contributed by atoms with Crippen LogP contribution in [0.4, 0.5) is 10.1 Å². The molecule has 0 saturated carbocycles. The van der Waals surface area contributed by atoms with Crippen LogP contribution in [0, 0.1) is 5.82 Å². The smallest absolute Gasteiger partial charge is 0.193 e. The van der Waals surface area contributed by atoms with Crippen molar-refractivity contribution in [2.24, 2.45) is 10.7 Å². The summed E-state index contributed by atoms with van der Waals surface area (Å²) in [5.41, 5.74) is 8.48. The van der Waals surface area contributed by atoms with Gasteiger partial charge in [-0.05, 0) is 29.7 Å². The van der Waals surface area contributed by atoms with Crippen LogP contribution in [0.2, 0.25) is 0 Å². The molecule has 0 unspecified atom stereocenters. The van der Waals surface area contributed by atoms with Crippen molar-refractivity contribution in [2.75, 3.05) is 5.32 Å². The fourth-order valence-corrected chi connectivity index (χ4v) is 1.96. The minimum absolute atomic E-state index is 0. The van der Waals surface area contributed by atoms with E-state index < -0.39 is 0 Å². The van der Waals surface area contributed by atoms with E-state index in [1.54, 1.807) is 18.2 Å². The highest BCUT2D eigenvalue weighted by Crippen LogP contribution is 2.18. The SMILES string of the molecule is CC(C)c1cccc(NC(N)=NCc2ccccc2F)c1.I. The highest BCUT2D eigenvalue weighted by Gasteiger charge is 2.02. The zero-order valence-electron chi connectivity index (χ0n) is 12.7. The van der Waals surface area contributed by atoms with Gasteiger partial charge in [-0.3, -0.25) is 0 Å². The molecule has 0 aromatic heterocycles. The van der Waals surface area contributed by atoms with Crippen molar-refractivity contribution in [1.82, 2.24) is 0 Å². The summed E-state index contributed by atoms with van der Waals surface area (Å²) < 4.78 is 13.5. The number of benzene rings is 2. The van der Waals surface area contributed by atoms with Gasteiger partial charge in [0.25, 0.3) is 0 Å². The molecule has 5 heteroatoms. The number of hydrogen-bond acceptors (Lipinski definition) is 1. The van der Waals surface area contributed by atoms with Crippen LogP contribution in [-0.2, 0) is 6.54 Å². The number of nitrogens with zero attached hydrogens (tertiary/aromatic N) is 1. The maximum atomic E-state index is 13.5. The second-order valence-electron chi connectivity index (χ2n) is 5.20. The number of nitrogens with two attached hydrogens (primary N) is 1. The molecule has 2 rings (SSSR count). The van der Waals surface area contributed by atoms with Crippen LogP contribution in [0.1, 0.15) is 30.9 Å². The molecule has 22 heavy (non-hydrogen) atoms. The summed E-state index contributed by atoms with van der Waals surface area (Å²) in [5.74, 6) is 0.457. The van der Waals surface area contributed by atoms with Gasteiger partial charge in [0.15, 0.2) is 5.96 Å². The van der Waals surface area contributed by atoms with E-state index in [4.69, 9.17) is 5.73 Å². The highest BCUT2D eigenvalue weighted by atomic mass is 127. The second kappa shape index (κ2) is 8.73. The molecule has 0 aliphatic heterocycles. The molecule has 2 aromatic rings. The van der Waals surface area contributed by atoms with E-state index in [1.807, 2.05) is 18.2 Å². The average Bonchev–Trinajstić information content (AvgIpc) is 2.46. The number of aliphatic imine (C=N–C) groups is 1. The Hall–Kier alpha value is -1.63. The zero-order valence-corrected chi connectivity index (χ0v) is 15.0. The number of guanidine groups is 1. The molecule has 0 atom stereocenters. The van der Waals surface area contributed by atoms with Gasteiger partial charge in [-0.25, -0.2) is 9.38 Å². The van der Waals surface area contributed by atoms with E-state index >= 15 is 0 Å². The van der Waals surface area contributed by atoms with E-state index in [9.17, 15) is 4.39 Å². The summed E-state index contributed by atoms with van der Waals surface area (Å²) in [6.45, 7) is 4.48. The Morgan fingerprint density at radius 1 is 1.18 bits per heavy atom. The van der Waals surface area contributed by atoms with Crippen molar-refractivity contribution >= 4 is 35.6 Å². The third-order valence-electron chi connectivity index (χ3n) is 3.20. The Labute approximate surface area is 147 Å². The Morgan fingerprint density at radius 2 is 1.91 bits per heavy atom. The summed E-state index contributed by atoms with van der Waals surface area (Å²) in [6.07, 6.45) is 0. The Morgan fingerprint density at radius 3 is 2.59 bits per heavy atom. The Bertz CT molecular complexity index is 641. The van der Waals surface area contributed by atoms with Gasteiger partial charge in [-0.15, -0.1) is 24.0 Å². The summed E-state index contributed by atoms with van der Waals surface area (Å²) in [6, 6.07) is 14.6. The van der Waals surface area contributed by atoms with E-state index in [-0.39, 0.29) is 42.3 Å². The first-order valence-electron chi connectivity index (χ1n) is 6.96. The number of nitrogens with one attached hydrogen (secondary N) is 1. The summed E-state index contributed by atoms with van der Waals surface area (Å²) in [4.78, 5) is 4.17. The van der Waals surface area contributed by atoms with Gasteiger partial charge < -0.3 is 11.1 Å². The quantitative estimate of drug-likeness (QED) is 0.441. The van der Waals surface area contributed by atoms with Crippen LogP contribution in [0.5, 0.6) is 0 Å². The van der Waals surface area contributed by atoms with Crippen molar-refractivity contribution in [3.8, 4) is 0 Å². The van der Waals surface area contributed by atoms with Crippen LogP contribution in [0.25, 0.3) is 0 Å². The molecule has 0 fully saturated rings. The van der Waals surface area contributed by atoms with Crippen molar-refractivity contribution in [1.29, 1.82) is 0 Å². The minimum atomic E-state index is -0.268. The molecule has 0 aliphatic rings. The van der Waals surface area contributed by atoms with Gasteiger partial charge in [-0.2, -0.15) is 0 Å². The van der Waals surface area contributed by atoms with E-state index in [1.165, 1.54) is 11.6 Å². The van der Waals surface area contributed by atoms with Crippen molar-refractivity contribution in [3.05, 3.63) is 65.5 Å². The van der Waals surface area contributed by atoms with Crippen molar-refractivity contribution in [2.45, 2.75) is 26.3 Å². The third-order valence-corrected chi connectivity index (χ3v) is 3.20. The second-order valence-corrected chi connectivity index (χ2v) is 5.20. The van der Waals surface area contributed by atoms with Crippen LogP contribution >= 0.6 is 24.0 Å². The first-order chi connectivity index (χ1) is 10.1. The molecule has 0 amide bonds. The largest absolute Gasteiger partial charge is 0.370 e. The summed E-state index contributed by atoms with van der Waals surface area (Å²) in [5, 5.41) is 3.03. The predicted molar refractivity (Wildman–Crippen MR) is 101 cm³/mol. The number of anilines is 1. The first-order valence-corrected chi connectivity index (χ1v) is 6.96. The standard InChI is InChI=1S/C17H20FN3.HI/c1-12(2)13-7-5-8-15(10-13)21-17(19)20-11-14-6-3-4-9-16(14)18;/h3-10,12H,11H2,1-2H3,(H3,19,20,21);1H. The zero-order chi connectivity index (χ0) is 15.2. The average molecular weight is 413 g/mol. The number of halogens is 2. The molecule has 0 bridgehead atoms. The predicted octanol–water partition coefficient (Wildman–Crippen LogP) is 4.49. The molecular formula is C17H21FIN3. The molecule has 0 radical (unpaired) electrons. The molecular weight excluding hydrogens is 392 g/mol. The number of rotatable bonds is 4. The van der Waals surface area contributed by atoms with Gasteiger partial charge in [0.2, 0.25) is 0 Å². The summed E-state index contributed by atoms with van der Waals surface area (Å²) >= 11 is 0. The number of hydrogen-bond donors (Lipinski definition) is 2. The maximum Gasteiger partial charge on any atom is 0.193 e. The molecule has 0 aliphatic carbocycles. The van der Waals surface area contributed by atoms with Crippen LogP contribution in [0.15, 0.2) is 53.5 Å². The third kappa shape index (κ3) is 5.29. The summed E-state index contributed by atoms with van der Waals surface area (Å²) in [7, 11) is 0. The van der Waals surface area contributed by atoms with Gasteiger partial charge in [0.05, 0.1) is 6.54 Å². The van der Waals surface area contributed by atoms with E-state index in [2.05, 4.69) is 30.2 Å². The van der Waals surface area contributed by atoms with Crippen molar-refractivity contribution in [3.63, 3.8) is 0 Å². The van der Waals surface area contributed by atoms with Crippen LogP contribution < -0.4 is 11.1 Å². The maximum absolute atomic E-state index is 13.5. The van der Waals surface area contributed by atoms with Crippen LogP contribution in [0.3, 0.4) is 0 Å². The lowest BCUT2D eigenvalue weighted by atomic mass is 10.0. The van der Waals surface area contributed by atoms with Gasteiger partial charge in [0.1, 0.15) is 5.82 Å². The lowest BCUT2D eigenvalue weighted by Crippen LogP contribution is -2.22. The molecule has 0 saturated heterocycles. The first kappa shape index (κ1) is 18.4. The Kier molecular flexibility index (Phi) is 7.31. The fraction of sp³-hybridized carbons (Fsp3) is 0.235. The molecule has 0 heterocycles. The van der Waals surface area contributed by atoms with E-state index in [0.717, 1.165) is 5.69 Å². The highest BCUT2D eigenvalue weighted by molar-refractivity contribution is 14.0. The molecule has 3 nitrogen and oxygen atoms in total. The fourth-order valence-electron chi connectivity index (χ4n) is 1.96. The minimum Gasteiger partial charge on any atom is -0.370 e. The molecule has 3 N–H and O–H groups in total. The normalized spacial score (nSPS) is 11.2. The molecule has 118 valence electrons. The van der Waals surface area contributed by atoms with Crippen LogP contribution in [-0.4, -0.2) is 5.96 Å². The molecule has 0 spiro atoms. The monoisotopic (exact) mass is 413 g/mol. The molecule has 2 aromatic carbocycles. The van der Waals surface area contributed by atoms with Gasteiger partial charge in [-0.1, -0.05) is 44.2 Å². The topological polar surface area (TPSA) is 50.4 Å². The van der Waals surface area contributed by atoms with Gasteiger partial charge >= 0.3 is 0 Å². The Balaban J connectivity index is 0.00000242. The van der Waals surface area contributed by atoms with Crippen molar-refractivity contribution < 1.29 is 4.39 Å².